The summed E-state index contributed by atoms with van der Waals surface area (Å²) < 4.78 is 5.60. The van der Waals surface area contributed by atoms with E-state index >= 15 is 0 Å². The zero-order valence-electron chi connectivity index (χ0n) is 22.4. The lowest BCUT2D eigenvalue weighted by Gasteiger charge is -2.30. The summed E-state index contributed by atoms with van der Waals surface area (Å²) in [5.41, 5.74) is 12.5. The first kappa shape index (κ1) is 25.4. The van der Waals surface area contributed by atoms with Crippen LogP contribution in [-0.2, 0) is 17.7 Å². The molecule has 188 valence electrons. The molecule has 0 fully saturated rings. The van der Waals surface area contributed by atoms with Gasteiger partial charge in [-0.25, -0.2) is 4.99 Å². The molecule has 0 bridgehead atoms. The van der Waals surface area contributed by atoms with Crippen molar-refractivity contribution in [1.82, 2.24) is 10.3 Å². The first-order chi connectivity index (χ1) is 16.9. The fourth-order valence-electron chi connectivity index (χ4n) is 5.30. The second-order valence-electron chi connectivity index (χ2n) is 10.5. The molecule has 5 heteroatoms. The molecule has 0 spiro atoms. The quantitative estimate of drug-likeness (QED) is 0.557. The third kappa shape index (κ3) is 5.95. The minimum Gasteiger partial charge on any atom is -0.480 e. The van der Waals surface area contributed by atoms with E-state index in [0.29, 0.717) is 6.61 Å². The highest BCUT2D eigenvalue weighted by Gasteiger charge is 2.22. The number of fused-ring (bicyclic) bond motifs is 1. The van der Waals surface area contributed by atoms with Gasteiger partial charge in [0.2, 0.25) is 5.90 Å². The van der Waals surface area contributed by atoms with Gasteiger partial charge in [-0.3, -0.25) is 10.3 Å². The van der Waals surface area contributed by atoms with Crippen molar-refractivity contribution >= 4 is 11.6 Å². The smallest absolute Gasteiger partial charge is 0.205 e. The van der Waals surface area contributed by atoms with E-state index in [0.717, 1.165) is 55.2 Å². The number of nitrogens with zero attached hydrogens (tertiary/aromatic N) is 3. The average molecular weight is 475 g/mol. The number of hydrazone groups is 1. The predicted octanol–water partition coefficient (Wildman–Crippen LogP) is 6.02. The van der Waals surface area contributed by atoms with Gasteiger partial charge in [-0.1, -0.05) is 32.0 Å². The normalized spacial score (nSPS) is 18.8. The second-order valence-corrected chi connectivity index (χ2v) is 10.5. The molecule has 2 aliphatic rings. The SMILES string of the molecule is CCOC1=NNC(c2c(C)ccc(=Nc3cccc4c3CCN(CCC(C)C)C4)c(C)c2C)CC1. The highest BCUT2D eigenvalue weighted by atomic mass is 16.5. The van der Waals surface area contributed by atoms with Crippen LogP contribution in [0, 0.1) is 26.7 Å². The number of rotatable bonds is 6. The number of nitrogens with one attached hydrogen (secondary N) is 1. The Morgan fingerprint density at radius 2 is 1.94 bits per heavy atom. The number of ether oxygens (including phenoxy) is 1. The first-order valence-corrected chi connectivity index (χ1v) is 13.3. The van der Waals surface area contributed by atoms with E-state index in [1.165, 1.54) is 46.3 Å². The second kappa shape index (κ2) is 11.4. The summed E-state index contributed by atoms with van der Waals surface area (Å²) in [4.78, 5) is 7.82. The molecule has 35 heavy (non-hydrogen) atoms. The molecule has 0 saturated carbocycles. The van der Waals surface area contributed by atoms with Crippen molar-refractivity contribution in [3.8, 4) is 0 Å². The van der Waals surface area contributed by atoms with Crippen LogP contribution in [0.4, 0.5) is 5.69 Å². The van der Waals surface area contributed by atoms with E-state index in [1.807, 2.05) is 6.92 Å². The van der Waals surface area contributed by atoms with Gasteiger partial charge in [-0.05, 0) is 105 Å². The van der Waals surface area contributed by atoms with Gasteiger partial charge in [0.05, 0.1) is 23.7 Å². The fraction of sp³-hybridized carbons (Fsp3) is 0.533. The molecule has 4 rings (SSSR count). The van der Waals surface area contributed by atoms with Gasteiger partial charge in [-0.15, -0.1) is 5.10 Å². The van der Waals surface area contributed by atoms with Gasteiger partial charge in [0.1, 0.15) is 0 Å². The summed E-state index contributed by atoms with van der Waals surface area (Å²) >= 11 is 0. The lowest BCUT2D eigenvalue weighted by atomic mass is 9.94. The van der Waals surface area contributed by atoms with Crippen LogP contribution in [0.1, 0.15) is 79.5 Å². The summed E-state index contributed by atoms with van der Waals surface area (Å²) in [6.07, 6.45) is 4.17. The Morgan fingerprint density at radius 3 is 2.66 bits per heavy atom. The lowest BCUT2D eigenvalue weighted by Crippen LogP contribution is -2.32. The minimum absolute atomic E-state index is 0.194. The summed E-state index contributed by atoms with van der Waals surface area (Å²) in [7, 11) is 0. The van der Waals surface area contributed by atoms with Crippen LogP contribution < -0.4 is 10.8 Å². The molecule has 0 aliphatic carbocycles. The molecule has 1 N–H and O–H groups in total. The van der Waals surface area contributed by atoms with Crippen molar-refractivity contribution in [2.24, 2.45) is 16.0 Å². The zero-order chi connectivity index (χ0) is 24.9. The molecule has 5 nitrogen and oxygen atoms in total. The van der Waals surface area contributed by atoms with E-state index in [9.17, 15) is 0 Å². The van der Waals surface area contributed by atoms with Crippen LogP contribution in [0.15, 0.2) is 40.4 Å². The highest BCUT2D eigenvalue weighted by molar-refractivity contribution is 5.76. The van der Waals surface area contributed by atoms with Gasteiger partial charge < -0.3 is 4.74 Å². The molecule has 0 aromatic heterocycles. The summed E-state index contributed by atoms with van der Waals surface area (Å²) in [5, 5.41) is 5.55. The maximum atomic E-state index is 5.60. The molecule has 0 saturated heterocycles. The largest absolute Gasteiger partial charge is 0.480 e. The predicted molar refractivity (Wildman–Crippen MR) is 145 cm³/mol. The Labute approximate surface area is 211 Å². The number of benzene rings is 1. The third-order valence-corrected chi connectivity index (χ3v) is 7.50. The summed E-state index contributed by atoms with van der Waals surface area (Å²) in [6, 6.07) is 11.2. The monoisotopic (exact) mass is 474 g/mol. The molecule has 0 amide bonds. The van der Waals surface area contributed by atoms with Crippen LogP contribution in [0.2, 0.25) is 0 Å². The molecule has 2 aromatic carbocycles. The Kier molecular flexibility index (Phi) is 8.27. The van der Waals surface area contributed by atoms with Gasteiger partial charge in [0, 0.05) is 19.5 Å². The van der Waals surface area contributed by atoms with E-state index in [-0.39, 0.29) is 6.04 Å². The standard InChI is InChI=1S/C30H42N4O/c1-7-35-29-14-13-28(32-33-29)30-21(4)11-12-26(22(5)23(30)6)31-27-10-8-9-24-19-34(17-15-20(2)3)18-16-25(24)27/h8-12,20,28,32H,7,13-19H2,1-6H3. The third-order valence-electron chi connectivity index (χ3n) is 7.50. The Balaban J connectivity index is 1.65. The molecule has 1 atom stereocenters. The number of hydrogen-bond acceptors (Lipinski definition) is 5. The van der Waals surface area contributed by atoms with Crippen molar-refractivity contribution in [1.29, 1.82) is 0 Å². The van der Waals surface area contributed by atoms with Gasteiger partial charge >= 0.3 is 0 Å². The van der Waals surface area contributed by atoms with Crippen LogP contribution in [0.25, 0.3) is 0 Å². The molecule has 2 heterocycles. The number of hydrogen-bond donors (Lipinski definition) is 1. The molecule has 1 unspecified atom stereocenters. The van der Waals surface area contributed by atoms with E-state index in [1.54, 1.807) is 0 Å². The average Bonchev–Trinajstić information content (AvgIpc) is 2.95. The van der Waals surface area contributed by atoms with Gasteiger partial charge in [0.25, 0.3) is 0 Å². The maximum Gasteiger partial charge on any atom is 0.205 e. The van der Waals surface area contributed by atoms with Gasteiger partial charge in [0.15, 0.2) is 0 Å². The van der Waals surface area contributed by atoms with E-state index in [2.05, 4.69) is 80.4 Å². The molecule has 0 radical (unpaired) electrons. The Hall–Kier alpha value is -2.66. The van der Waals surface area contributed by atoms with Crippen LogP contribution >= 0.6 is 0 Å². The van der Waals surface area contributed by atoms with Crippen molar-refractivity contribution in [2.75, 3.05) is 19.7 Å². The maximum absolute atomic E-state index is 5.60. The lowest BCUT2D eigenvalue weighted by molar-refractivity contribution is 0.239. The molecular formula is C30H42N4O. The summed E-state index contributed by atoms with van der Waals surface area (Å²) in [5.74, 6) is 1.56. The highest BCUT2D eigenvalue weighted by Crippen LogP contribution is 2.30. The van der Waals surface area contributed by atoms with Crippen molar-refractivity contribution in [3.05, 3.63) is 69.1 Å². The van der Waals surface area contributed by atoms with E-state index in [4.69, 9.17) is 9.73 Å². The Bertz CT molecular complexity index is 1150. The zero-order valence-corrected chi connectivity index (χ0v) is 22.4. The van der Waals surface area contributed by atoms with E-state index < -0.39 is 0 Å². The Morgan fingerprint density at radius 1 is 1.11 bits per heavy atom. The van der Waals surface area contributed by atoms with Crippen LogP contribution in [0.3, 0.4) is 0 Å². The van der Waals surface area contributed by atoms with Crippen molar-refractivity contribution < 1.29 is 4.74 Å². The topological polar surface area (TPSA) is 49.2 Å². The minimum atomic E-state index is 0.194. The fourth-order valence-corrected chi connectivity index (χ4v) is 5.30. The first-order valence-electron chi connectivity index (χ1n) is 13.3. The molecular weight excluding hydrogens is 432 g/mol. The van der Waals surface area contributed by atoms with Crippen molar-refractivity contribution in [3.63, 3.8) is 0 Å². The molecule has 2 aromatic rings. The van der Waals surface area contributed by atoms with Crippen LogP contribution in [-0.4, -0.2) is 30.5 Å². The van der Waals surface area contributed by atoms with Crippen molar-refractivity contribution in [2.45, 2.75) is 79.8 Å². The summed E-state index contributed by atoms with van der Waals surface area (Å²) in [6.45, 7) is 17.2. The number of aryl methyl sites for hydroxylation is 1. The van der Waals surface area contributed by atoms with Crippen LogP contribution in [0.5, 0.6) is 0 Å². The molecule has 2 aliphatic heterocycles. The van der Waals surface area contributed by atoms with Gasteiger partial charge in [-0.2, -0.15) is 0 Å².